The number of ketones is 3. The van der Waals surface area contributed by atoms with Crippen LogP contribution in [0.3, 0.4) is 0 Å². The minimum atomic E-state index is -1.79. The van der Waals surface area contributed by atoms with E-state index < -0.39 is 63.7 Å². The van der Waals surface area contributed by atoms with Gasteiger partial charge in [0.1, 0.15) is 39.9 Å². The number of carbonyl (C=O) groups excluding carboxylic acids is 3. The number of ether oxygens (including phenoxy) is 1. The zero-order valence-electron chi connectivity index (χ0n) is 21.0. The average Bonchev–Trinajstić information content (AvgIpc) is 2.75. The van der Waals surface area contributed by atoms with Crippen LogP contribution in [0, 0.1) is 24.2 Å². The van der Waals surface area contributed by atoms with E-state index in [2.05, 4.69) is 0 Å². The Morgan fingerprint density at radius 1 is 1.00 bits per heavy atom. The van der Waals surface area contributed by atoms with E-state index in [9.17, 15) is 34.8 Å². The molecule has 0 aliphatic heterocycles. The Bertz CT molecular complexity index is 1120. The summed E-state index contributed by atoms with van der Waals surface area (Å²) in [5, 5.41) is 43.3. The monoisotopic (exact) mass is 474 g/mol. The van der Waals surface area contributed by atoms with Gasteiger partial charge < -0.3 is 25.2 Å². The van der Waals surface area contributed by atoms with Crippen molar-refractivity contribution in [1.29, 1.82) is 0 Å². The molecule has 2 rings (SSSR count). The van der Waals surface area contributed by atoms with Crippen molar-refractivity contribution in [2.45, 2.75) is 61.3 Å². The topological polar surface area (TPSA) is 141 Å². The van der Waals surface area contributed by atoms with Gasteiger partial charge in [0.25, 0.3) is 0 Å². The van der Waals surface area contributed by atoms with Crippen LogP contribution < -0.4 is 4.74 Å². The molecule has 0 amide bonds. The summed E-state index contributed by atoms with van der Waals surface area (Å²) in [6.07, 6.45) is -0.320. The summed E-state index contributed by atoms with van der Waals surface area (Å²) in [6, 6.07) is 0. The molecule has 8 heteroatoms. The first kappa shape index (κ1) is 27.0. The van der Waals surface area contributed by atoms with Crippen molar-refractivity contribution >= 4 is 17.3 Å². The molecule has 0 spiro atoms. The Balaban J connectivity index is 2.77. The number of methoxy groups -OCH3 is 1. The Kier molecular flexibility index (Phi) is 7.55. The third-order valence-electron chi connectivity index (χ3n) is 6.31. The van der Waals surface area contributed by atoms with Gasteiger partial charge >= 0.3 is 0 Å². The Morgan fingerprint density at radius 3 is 2.03 bits per heavy atom. The van der Waals surface area contributed by atoms with Crippen LogP contribution in [0.15, 0.2) is 22.7 Å². The van der Waals surface area contributed by atoms with Crippen molar-refractivity contribution in [3.05, 3.63) is 39.4 Å². The van der Waals surface area contributed by atoms with Gasteiger partial charge in [-0.25, -0.2) is 0 Å². The van der Waals surface area contributed by atoms with Gasteiger partial charge in [-0.05, 0) is 33.1 Å². The van der Waals surface area contributed by atoms with Crippen molar-refractivity contribution in [3.63, 3.8) is 0 Å². The molecule has 1 aromatic rings. The van der Waals surface area contributed by atoms with Crippen molar-refractivity contribution in [2.75, 3.05) is 7.11 Å². The number of aliphatic hydroxyl groups excluding tert-OH is 2. The van der Waals surface area contributed by atoms with Crippen LogP contribution in [-0.4, -0.2) is 44.9 Å². The van der Waals surface area contributed by atoms with Gasteiger partial charge in [-0.1, -0.05) is 27.7 Å². The molecule has 1 atom stereocenters. The maximum Gasteiger partial charge on any atom is 0.183 e. The second-order valence-corrected chi connectivity index (χ2v) is 9.78. The third kappa shape index (κ3) is 4.29. The van der Waals surface area contributed by atoms with Gasteiger partial charge in [-0.3, -0.25) is 14.4 Å². The average molecular weight is 475 g/mol. The minimum Gasteiger partial charge on any atom is -0.511 e. The first-order valence-electron chi connectivity index (χ1n) is 11.2. The molecule has 0 saturated carbocycles. The Hall–Kier alpha value is -3.29. The number of phenols is 2. The van der Waals surface area contributed by atoms with Gasteiger partial charge in [0.2, 0.25) is 0 Å². The molecule has 0 aromatic heterocycles. The molecule has 4 N–H and O–H groups in total. The number of aromatic hydroxyl groups is 2. The minimum absolute atomic E-state index is 0.0149. The molecule has 1 aliphatic carbocycles. The second kappa shape index (κ2) is 9.52. The summed E-state index contributed by atoms with van der Waals surface area (Å²) in [4.78, 5) is 39.1. The molecule has 0 heterocycles. The summed E-state index contributed by atoms with van der Waals surface area (Å²) in [5.74, 6) is -4.45. The molecule has 8 nitrogen and oxygen atoms in total. The fourth-order valence-corrected chi connectivity index (χ4v) is 4.29. The third-order valence-corrected chi connectivity index (χ3v) is 6.31. The number of Topliss-reactive ketones (excluding diaryl/α,β-unsaturated/α-hetero) is 3. The van der Waals surface area contributed by atoms with Gasteiger partial charge in [-0.15, -0.1) is 0 Å². The van der Waals surface area contributed by atoms with Crippen LogP contribution >= 0.6 is 0 Å². The summed E-state index contributed by atoms with van der Waals surface area (Å²) in [5.41, 5.74) is -2.35. The van der Waals surface area contributed by atoms with E-state index in [1.807, 2.05) is 13.8 Å². The predicted molar refractivity (Wildman–Crippen MR) is 126 cm³/mol. The van der Waals surface area contributed by atoms with Gasteiger partial charge in [0, 0.05) is 29.0 Å². The number of phenolic OH excluding ortho intramolecular Hbond substituents is 2. The van der Waals surface area contributed by atoms with Gasteiger partial charge in [-0.2, -0.15) is 0 Å². The lowest BCUT2D eigenvalue weighted by Gasteiger charge is -2.34. The lowest BCUT2D eigenvalue weighted by atomic mass is 9.68. The lowest BCUT2D eigenvalue weighted by molar-refractivity contribution is -0.128. The molecular weight excluding hydrogens is 440 g/mol. The molecule has 0 bridgehead atoms. The van der Waals surface area contributed by atoms with E-state index in [-0.39, 0.29) is 40.4 Å². The lowest BCUT2D eigenvalue weighted by Crippen LogP contribution is -2.41. The molecule has 0 saturated heterocycles. The summed E-state index contributed by atoms with van der Waals surface area (Å²) in [6.45, 7) is 11.1. The van der Waals surface area contributed by atoms with Crippen LogP contribution in [0.4, 0.5) is 0 Å². The van der Waals surface area contributed by atoms with Crippen LogP contribution in [0.1, 0.15) is 69.4 Å². The zero-order chi connectivity index (χ0) is 26.3. The van der Waals surface area contributed by atoms with Crippen LogP contribution in [0.2, 0.25) is 0 Å². The fourth-order valence-electron chi connectivity index (χ4n) is 4.29. The number of rotatable bonds is 8. The summed E-state index contributed by atoms with van der Waals surface area (Å²) in [7, 11) is 1.31. The normalized spacial score (nSPS) is 18.8. The van der Waals surface area contributed by atoms with E-state index in [1.165, 1.54) is 27.9 Å². The molecular formula is C26H34O8. The zero-order valence-corrected chi connectivity index (χ0v) is 21.0. The van der Waals surface area contributed by atoms with Crippen molar-refractivity contribution in [2.24, 2.45) is 17.3 Å². The van der Waals surface area contributed by atoms with Crippen LogP contribution in [0.25, 0.3) is 0 Å². The van der Waals surface area contributed by atoms with Gasteiger partial charge in [0.05, 0.1) is 12.5 Å². The van der Waals surface area contributed by atoms with E-state index in [1.54, 1.807) is 13.8 Å². The molecule has 1 aliphatic rings. The highest BCUT2D eigenvalue weighted by molar-refractivity contribution is 6.24. The fraction of sp³-hybridized carbons (Fsp3) is 0.500. The van der Waals surface area contributed by atoms with Gasteiger partial charge in [0.15, 0.2) is 17.3 Å². The van der Waals surface area contributed by atoms with Crippen molar-refractivity contribution in [3.8, 4) is 17.2 Å². The van der Waals surface area contributed by atoms with E-state index >= 15 is 0 Å². The maximum atomic E-state index is 13.5. The molecule has 34 heavy (non-hydrogen) atoms. The number of hydrogen-bond donors (Lipinski definition) is 4. The van der Waals surface area contributed by atoms with E-state index in [0.29, 0.717) is 0 Å². The van der Waals surface area contributed by atoms with E-state index in [0.717, 1.165) is 0 Å². The molecule has 0 fully saturated rings. The van der Waals surface area contributed by atoms with Crippen LogP contribution in [-0.2, 0) is 16.0 Å². The summed E-state index contributed by atoms with van der Waals surface area (Å²) >= 11 is 0. The second-order valence-electron chi connectivity index (χ2n) is 9.78. The van der Waals surface area contributed by atoms with E-state index in [4.69, 9.17) is 4.74 Å². The molecule has 1 unspecified atom stereocenters. The highest BCUT2D eigenvalue weighted by atomic mass is 16.5. The SMILES string of the molecule is COc1c(C)c(O)c(CC2(C)C(=O)C(C(=O)C(C)C)=C(O)C(C)=C2O)c(O)c1C(=O)CC(C)C. The summed E-state index contributed by atoms with van der Waals surface area (Å²) < 4.78 is 5.31. The Labute approximate surface area is 199 Å². The van der Waals surface area contributed by atoms with Crippen molar-refractivity contribution in [1.82, 2.24) is 0 Å². The predicted octanol–water partition coefficient (Wildman–Crippen LogP) is 4.64. The molecule has 1 aromatic carbocycles. The quantitative estimate of drug-likeness (QED) is 0.315. The largest absolute Gasteiger partial charge is 0.511 e. The van der Waals surface area contributed by atoms with Crippen LogP contribution in [0.5, 0.6) is 17.2 Å². The maximum absolute atomic E-state index is 13.5. The highest BCUT2D eigenvalue weighted by Crippen LogP contribution is 2.49. The number of aliphatic hydroxyl groups is 2. The number of allylic oxidation sites excluding steroid dienone is 3. The van der Waals surface area contributed by atoms with Crippen molar-refractivity contribution < 1.29 is 39.5 Å². The smallest absolute Gasteiger partial charge is 0.183 e. The highest BCUT2D eigenvalue weighted by Gasteiger charge is 2.49. The molecule has 186 valence electrons. The number of benzene rings is 1. The number of hydrogen-bond acceptors (Lipinski definition) is 8. The Morgan fingerprint density at radius 2 is 1.56 bits per heavy atom. The standard InChI is InChI=1S/C26H34O8/c1-11(2)9-16(27)17-22(31)15(20(29)13(5)23(17)34-8)10-26(7)24(32)14(6)21(30)18(25(26)33)19(28)12(3)4/h11-12,29-32H,9-10H2,1-8H3. The first-order chi connectivity index (χ1) is 15.6. The molecule has 0 radical (unpaired) electrons. The number of carbonyl (C=O) groups is 3. The first-order valence-corrected chi connectivity index (χ1v) is 11.2.